The lowest BCUT2D eigenvalue weighted by atomic mass is 10.1. The highest BCUT2D eigenvalue weighted by Gasteiger charge is 2.25. The molecule has 1 amide bonds. The summed E-state index contributed by atoms with van der Waals surface area (Å²) in [6.07, 6.45) is 7.60. The van der Waals surface area contributed by atoms with Crippen molar-refractivity contribution in [3.8, 4) is 6.07 Å². The van der Waals surface area contributed by atoms with Gasteiger partial charge in [0.1, 0.15) is 6.07 Å². The van der Waals surface area contributed by atoms with E-state index in [9.17, 15) is 4.79 Å². The van der Waals surface area contributed by atoms with Crippen molar-refractivity contribution in [1.82, 2.24) is 4.98 Å². The zero-order valence-corrected chi connectivity index (χ0v) is 10.2. The third kappa shape index (κ3) is 2.59. The first-order chi connectivity index (χ1) is 8.72. The number of aromatic nitrogens is 1. The highest BCUT2D eigenvalue weighted by atomic mass is 16.1. The Bertz CT molecular complexity index is 474. The van der Waals surface area contributed by atoms with Crippen molar-refractivity contribution in [3.05, 3.63) is 24.0 Å². The van der Waals surface area contributed by atoms with E-state index in [0.717, 1.165) is 25.7 Å². The van der Waals surface area contributed by atoms with Crippen molar-refractivity contribution in [2.75, 3.05) is 11.4 Å². The molecule has 0 bridgehead atoms. The molecule has 5 nitrogen and oxygen atoms in total. The zero-order valence-electron chi connectivity index (χ0n) is 10.2. The lowest BCUT2D eigenvalue weighted by molar-refractivity contribution is -0.116. The molecule has 1 saturated carbocycles. The maximum absolute atomic E-state index is 11.2. The maximum atomic E-state index is 11.2. The molecule has 1 heterocycles. The number of rotatable bonds is 4. The topological polar surface area (TPSA) is 83.0 Å². The molecule has 1 aromatic rings. The molecule has 1 aliphatic carbocycles. The van der Waals surface area contributed by atoms with E-state index in [1.165, 1.54) is 0 Å². The normalized spacial score (nSPS) is 15.3. The van der Waals surface area contributed by atoms with Crippen LogP contribution in [0.5, 0.6) is 0 Å². The molecule has 0 aliphatic heterocycles. The molecule has 2 N–H and O–H groups in total. The van der Waals surface area contributed by atoms with Gasteiger partial charge < -0.3 is 10.6 Å². The summed E-state index contributed by atoms with van der Waals surface area (Å²) in [5, 5.41) is 9.12. The van der Waals surface area contributed by atoms with Crippen molar-refractivity contribution in [2.45, 2.75) is 31.7 Å². The molecule has 0 saturated heterocycles. The van der Waals surface area contributed by atoms with Gasteiger partial charge in [0.25, 0.3) is 0 Å². The number of amides is 1. The Morgan fingerprint density at radius 3 is 2.89 bits per heavy atom. The van der Waals surface area contributed by atoms with Gasteiger partial charge >= 0.3 is 0 Å². The molecule has 5 heteroatoms. The van der Waals surface area contributed by atoms with Crippen molar-refractivity contribution in [2.24, 2.45) is 5.73 Å². The van der Waals surface area contributed by atoms with Crippen molar-refractivity contribution < 1.29 is 4.79 Å². The first kappa shape index (κ1) is 12.4. The number of pyridine rings is 1. The molecule has 2 rings (SSSR count). The molecular formula is C13H16N4O. The van der Waals surface area contributed by atoms with E-state index in [1.807, 2.05) is 4.90 Å². The standard InChI is InChI=1S/C13H16N4O/c14-7-10-5-6-16-8-12(10)17(9-13(15)18)11-3-1-2-4-11/h5-6,8,11H,1-4,9H2,(H2,15,18). The number of nitrogens with zero attached hydrogens (tertiary/aromatic N) is 3. The molecule has 1 aromatic heterocycles. The van der Waals surface area contributed by atoms with Gasteiger partial charge in [-0.1, -0.05) is 12.8 Å². The fraction of sp³-hybridized carbons (Fsp3) is 0.462. The third-order valence-electron chi connectivity index (χ3n) is 3.32. The summed E-state index contributed by atoms with van der Waals surface area (Å²) in [6.45, 7) is 0.144. The van der Waals surface area contributed by atoms with E-state index in [4.69, 9.17) is 11.0 Å². The zero-order chi connectivity index (χ0) is 13.0. The molecule has 18 heavy (non-hydrogen) atoms. The van der Waals surface area contributed by atoms with Gasteiger partial charge in [-0.25, -0.2) is 0 Å². The highest BCUT2D eigenvalue weighted by Crippen LogP contribution is 2.29. The Morgan fingerprint density at radius 2 is 2.28 bits per heavy atom. The number of nitrogens with two attached hydrogens (primary N) is 1. The van der Waals surface area contributed by atoms with Crippen molar-refractivity contribution in [1.29, 1.82) is 5.26 Å². The summed E-state index contributed by atoms with van der Waals surface area (Å²) in [7, 11) is 0. The second-order valence-corrected chi connectivity index (χ2v) is 4.54. The van der Waals surface area contributed by atoms with Gasteiger partial charge in [-0.05, 0) is 18.9 Å². The molecule has 0 aromatic carbocycles. The van der Waals surface area contributed by atoms with Gasteiger partial charge in [0, 0.05) is 12.2 Å². The van der Waals surface area contributed by atoms with Crippen LogP contribution in [0, 0.1) is 11.3 Å². The van der Waals surface area contributed by atoms with E-state index >= 15 is 0 Å². The van der Waals surface area contributed by atoms with Gasteiger partial charge in [-0.15, -0.1) is 0 Å². The van der Waals surface area contributed by atoms with Crippen LogP contribution in [0.4, 0.5) is 5.69 Å². The van der Waals surface area contributed by atoms with Crippen LogP contribution in [-0.2, 0) is 4.79 Å². The number of nitriles is 1. The van der Waals surface area contributed by atoms with E-state index in [1.54, 1.807) is 18.5 Å². The fourth-order valence-corrected chi connectivity index (χ4v) is 2.50. The van der Waals surface area contributed by atoms with Crippen molar-refractivity contribution in [3.63, 3.8) is 0 Å². The number of anilines is 1. The smallest absolute Gasteiger partial charge is 0.236 e. The second kappa shape index (κ2) is 5.50. The summed E-state index contributed by atoms with van der Waals surface area (Å²) in [5.74, 6) is -0.380. The van der Waals surface area contributed by atoms with Gasteiger partial charge in [0.05, 0.1) is 24.0 Å². The number of hydrogen-bond donors (Lipinski definition) is 1. The van der Waals surface area contributed by atoms with E-state index in [-0.39, 0.29) is 18.5 Å². The summed E-state index contributed by atoms with van der Waals surface area (Å²) >= 11 is 0. The maximum Gasteiger partial charge on any atom is 0.236 e. The van der Waals surface area contributed by atoms with Crippen LogP contribution >= 0.6 is 0 Å². The van der Waals surface area contributed by atoms with E-state index in [2.05, 4.69) is 11.1 Å². The van der Waals surface area contributed by atoms with Crippen LogP contribution in [0.15, 0.2) is 18.5 Å². The molecule has 0 spiro atoms. The predicted molar refractivity (Wildman–Crippen MR) is 67.7 cm³/mol. The minimum Gasteiger partial charge on any atom is -0.368 e. The Kier molecular flexibility index (Phi) is 3.78. The molecule has 0 unspecified atom stereocenters. The summed E-state index contributed by atoms with van der Waals surface area (Å²) in [6, 6.07) is 4.09. The quantitative estimate of drug-likeness (QED) is 0.862. The number of carbonyl (C=O) groups is 1. The van der Waals surface area contributed by atoms with Crippen LogP contribution in [0.1, 0.15) is 31.2 Å². The monoisotopic (exact) mass is 244 g/mol. The predicted octanol–water partition coefficient (Wildman–Crippen LogP) is 1.19. The third-order valence-corrected chi connectivity index (χ3v) is 3.32. The molecule has 94 valence electrons. The molecule has 1 fully saturated rings. The Hall–Kier alpha value is -2.09. The Balaban J connectivity index is 2.32. The molecule has 1 aliphatic rings. The first-order valence-corrected chi connectivity index (χ1v) is 6.11. The second-order valence-electron chi connectivity index (χ2n) is 4.54. The van der Waals surface area contributed by atoms with Crippen molar-refractivity contribution >= 4 is 11.6 Å². The van der Waals surface area contributed by atoms with Crippen LogP contribution in [0.25, 0.3) is 0 Å². The SMILES string of the molecule is N#Cc1ccncc1N(CC(N)=O)C1CCCC1. The average Bonchev–Trinajstić information content (AvgIpc) is 2.89. The van der Waals surface area contributed by atoms with Crippen LogP contribution < -0.4 is 10.6 Å². The van der Waals surface area contributed by atoms with Gasteiger partial charge in [0.2, 0.25) is 5.91 Å². The summed E-state index contributed by atoms with van der Waals surface area (Å²) in [4.78, 5) is 17.2. The molecule has 0 radical (unpaired) electrons. The highest BCUT2D eigenvalue weighted by molar-refractivity contribution is 5.80. The van der Waals surface area contributed by atoms with E-state index < -0.39 is 0 Å². The van der Waals surface area contributed by atoms with E-state index in [0.29, 0.717) is 11.3 Å². The lowest BCUT2D eigenvalue weighted by Gasteiger charge is -2.30. The van der Waals surface area contributed by atoms with Crippen LogP contribution in [0.2, 0.25) is 0 Å². The number of hydrogen-bond acceptors (Lipinski definition) is 4. The Labute approximate surface area is 106 Å². The first-order valence-electron chi connectivity index (χ1n) is 6.11. The van der Waals surface area contributed by atoms with Gasteiger partial charge in [0.15, 0.2) is 0 Å². The largest absolute Gasteiger partial charge is 0.368 e. The summed E-state index contributed by atoms with van der Waals surface area (Å²) < 4.78 is 0. The molecular weight excluding hydrogens is 228 g/mol. The van der Waals surface area contributed by atoms with Crippen LogP contribution in [0.3, 0.4) is 0 Å². The lowest BCUT2D eigenvalue weighted by Crippen LogP contribution is -2.40. The molecule has 0 atom stereocenters. The fourth-order valence-electron chi connectivity index (χ4n) is 2.50. The number of carbonyl (C=O) groups excluding carboxylic acids is 1. The minimum absolute atomic E-state index is 0.144. The minimum atomic E-state index is -0.380. The van der Waals surface area contributed by atoms with Gasteiger partial charge in [-0.2, -0.15) is 5.26 Å². The number of primary amides is 1. The average molecular weight is 244 g/mol. The van der Waals surface area contributed by atoms with Gasteiger partial charge in [-0.3, -0.25) is 9.78 Å². The Morgan fingerprint density at radius 1 is 1.56 bits per heavy atom. The summed E-state index contributed by atoms with van der Waals surface area (Å²) in [5.41, 5.74) is 6.56. The van der Waals surface area contributed by atoms with Crippen LogP contribution in [-0.4, -0.2) is 23.5 Å².